The smallest absolute Gasteiger partial charge is 0.150 e. The van der Waals surface area contributed by atoms with Crippen LogP contribution in [-0.2, 0) is 0 Å². The highest BCUT2D eigenvalue weighted by molar-refractivity contribution is 5.53. The minimum absolute atomic E-state index is 0.00796. The molecule has 0 bridgehead atoms. The van der Waals surface area contributed by atoms with E-state index in [0.717, 1.165) is 25.0 Å². The predicted octanol–water partition coefficient (Wildman–Crippen LogP) is 4.49. The van der Waals surface area contributed by atoms with Gasteiger partial charge in [0.15, 0.2) is 11.6 Å². The fourth-order valence-electron chi connectivity index (χ4n) is 2.45. The monoisotopic (exact) mass is 280 g/mol. The number of nitrogens with zero attached hydrogens (tertiary/aromatic N) is 2. The van der Waals surface area contributed by atoms with Crippen LogP contribution in [0.15, 0.2) is 12.1 Å². The van der Waals surface area contributed by atoms with Gasteiger partial charge in [0.05, 0.1) is 11.6 Å². The van der Waals surface area contributed by atoms with E-state index >= 15 is 0 Å². The van der Waals surface area contributed by atoms with E-state index in [0.29, 0.717) is 12.5 Å². The molecule has 1 aromatic rings. The van der Waals surface area contributed by atoms with Gasteiger partial charge in [0.25, 0.3) is 0 Å². The average molecular weight is 280 g/mol. The quantitative estimate of drug-likeness (QED) is 0.767. The maximum Gasteiger partial charge on any atom is 0.150 e. The molecule has 0 fully saturated rings. The number of benzene rings is 1. The van der Waals surface area contributed by atoms with Crippen LogP contribution in [-0.4, -0.2) is 12.6 Å². The van der Waals surface area contributed by atoms with E-state index in [2.05, 4.69) is 0 Å². The highest BCUT2D eigenvalue weighted by Gasteiger charge is 2.24. The number of anilines is 1. The van der Waals surface area contributed by atoms with Crippen molar-refractivity contribution in [3.05, 3.63) is 29.3 Å². The Morgan fingerprint density at radius 1 is 1.15 bits per heavy atom. The van der Waals surface area contributed by atoms with E-state index in [4.69, 9.17) is 5.26 Å². The minimum Gasteiger partial charge on any atom is -0.364 e. The van der Waals surface area contributed by atoms with E-state index in [1.807, 2.05) is 27.7 Å². The lowest BCUT2D eigenvalue weighted by molar-refractivity contribution is 0.481. The van der Waals surface area contributed by atoms with Crippen molar-refractivity contribution in [1.82, 2.24) is 0 Å². The van der Waals surface area contributed by atoms with Crippen molar-refractivity contribution in [2.75, 3.05) is 11.4 Å². The normalized spacial score (nSPS) is 10.9. The molecule has 0 unspecified atom stereocenters. The minimum atomic E-state index is -0.658. The maximum absolute atomic E-state index is 14.2. The number of hydrogen-bond acceptors (Lipinski definition) is 2. The van der Waals surface area contributed by atoms with Crippen LogP contribution >= 0.6 is 0 Å². The van der Waals surface area contributed by atoms with Gasteiger partial charge in [-0.25, -0.2) is 8.78 Å². The van der Waals surface area contributed by atoms with Crippen LogP contribution in [0.3, 0.4) is 0 Å². The van der Waals surface area contributed by atoms with Crippen molar-refractivity contribution >= 4 is 5.69 Å². The Kier molecular flexibility index (Phi) is 5.94. The van der Waals surface area contributed by atoms with Gasteiger partial charge in [-0.3, -0.25) is 0 Å². The van der Waals surface area contributed by atoms with Crippen molar-refractivity contribution < 1.29 is 8.78 Å². The van der Waals surface area contributed by atoms with E-state index in [-0.39, 0.29) is 17.3 Å². The standard InChI is InChI=1S/C16H22F2N2/c1-5-13(6-2)20(10-11(3)4)16-14(17)7-12(9-19)8-15(16)18/h7-8,11,13H,5-6,10H2,1-4H3. The highest BCUT2D eigenvalue weighted by atomic mass is 19.1. The fraction of sp³-hybridized carbons (Fsp3) is 0.562. The predicted molar refractivity (Wildman–Crippen MR) is 77.6 cm³/mol. The van der Waals surface area contributed by atoms with Crippen LogP contribution in [0.5, 0.6) is 0 Å². The van der Waals surface area contributed by atoms with Crippen LogP contribution in [0.4, 0.5) is 14.5 Å². The maximum atomic E-state index is 14.2. The van der Waals surface area contributed by atoms with E-state index < -0.39 is 11.6 Å². The first-order valence-corrected chi connectivity index (χ1v) is 7.10. The second-order valence-corrected chi connectivity index (χ2v) is 5.42. The highest BCUT2D eigenvalue weighted by Crippen LogP contribution is 2.29. The molecule has 110 valence electrons. The van der Waals surface area contributed by atoms with E-state index in [1.54, 1.807) is 11.0 Å². The first kappa shape index (κ1) is 16.4. The van der Waals surface area contributed by atoms with Crippen LogP contribution in [0.25, 0.3) is 0 Å². The molecule has 1 aromatic carbocycles. The van der Waals surface area contributed by atoms with Gasteiger partial charge in [-0.15, -0.1) is 0 Å². The van der Waals surface area contributed by atoms with Crippen LogP contribution in [0.1, 0.15) is 46.1 Å². The SMILES string of the molecule is CCC(CC)N(CC(C)C)c1c(F)cc(C#N)cc1F. The molecule has 0 atom stereocenters. The second kappa shape index (κ2) is 7.23. The molecule has 0 radical (unpaired) electrons. The molecule has 20 heavy (non-hydrogen) atoms. The van der Waals surface area contributed by atoms with Crippen LogP contribution in [0.2, 0.25) is 0 Å². The Bertz CT molecular complexity index is 465. The summed E-state index contributed by atoms with van der Waals surface area (Å²) in [5, 5.41) is 8.77. The number of hydrogen-bond donors (Lipinski definition) is 0. The average Bonchev–Trinajstić information content (AvgIpc) is 2.38. The van der Waals surface area contributed by atoms with Gasteiger partial charge < -0.3 is 4.90 Å². The molecule has 0 amide bonds. The van der Waals surface area contributed by atoms with Gasteiger partial charge in [0.2, 0.25) is 0 Å². The Labute approximate surface area is 120 Å². The number of rotatable bonds is 6. The van der Waals surface area contributed by atoms with E-state index in [9.17, 15) is 8.78 Å². The zero-order valence-corrected chi connectivity index (χ0v) is 12.6. The number of halogens is 2. The van der Waals surface area contributed by atoms with Gasteiger partial charge in [-0.2, -0.15) is 5.26 Å². The van der Waals surface area contributed by atoms with Gasteiger partial charge in [-0.05, 0) is 30.9 Å². The molecule has 2 nitrogen and oxygen atoms in total. The van der Waals surface area contributed by atoms with Crippen molar-refractivity contribution in [3.63, 3.8) is 0 Å². The third-order valence-corrected chi connectivity index (χ3v) is 3.38. The van der Waals surface area contributed by atoms with Gasteiger partial charge >= 0.3 is 0 Å². The van der Waals surface area contributed by atoms with E-state index in [1.165, 1.54) is 0 Å². The fourth-order valence-corrected chi connectivity index (χ4v) is 2.45. The van der Waals surface area contributed by atoms with Gasteiger partial charge in [-0.1, -0.05) is 27.7 Å². The first-order chi connectivity index (χ1) is 9.44. The summed E-state index contributed by atoms with van der Waals surface area (Å²) in [6, 6.07) is 4.08. The summed E-state index contributed by atoms with van der Waals surface area (Å²) in [6.07, 6.45) is 1.64. The molecule has 0 aliphatic heterocycles. The first-order valence-electron chi connectivity index (χ1n) is 7.10. The topological polar surface area (TPSA) is 27.0 Å². The Morgan fingerprint density at radius 2 is 1.65 bits per heavy atom. The summed E-state index contributed by atoms with van der Waals surface area (Å²) in [5.41, 5.74) is 0.00388. The lowest BCUT2D eigenvalue weighted by Crippen LogP contribution is -2.38. The molecule has 0 heterocycles. The van der Waals surface area contributed by atoms with Crippen LogP contribution < -0.4 is 4.90 Å². The van der Waals surface area contributed by atoms with Crippen molar-refractivity contribution in [1.29, 1.82) is 5.26 Å². The number of nitriles is 1. The Morgan fingerprint density at radius 3 is 2.00 bits per heavy atom. The largest absolute Gasteiger partial charge is 0.364 e. The lowest BCUT2D eigenvalue weighted by Gasteiger charge is -2.34. The Hall–Kier alpha value is -1.63. The summed E-state index contributed by atoms with van der Waals surface area (Å²) in [4.78, 5) is 1.80. The third kappa shape index (κ3) is 3.69. The molecular formula is C16H22F2N2. The summed E-state index contributed by atoms with van der Waals surface area (Å²) in [5.74, 6) is -1.02. The summed E-state index contributed by atoms with van der Waals surface area (Å²) in [6.45, 7) is 8.66. The molecule has 0 saturated heterocycles. The molecule has 4 heteroatoms. The Balaban J connectivity index is 3.30. The summed E-state index contributed by atoms with van der Waals surface area (Å²) in [7, 11) is 0. The van der Waals surface area contributed by atoms with Crippen molar-refractivity contribution in [2.45, 2.75) is 46.6 Å². The summed E-state index contributed by atoms with van der Waals surface area (Å²) >= 11 is 0. The van der Waals surface area contributed by atoms with Gasteiger partial charge in [0, 0.05) is 12.6 Å². The van der Waals surface area contributed by atoms with Gasteiger partial charge in [0.1, 0.15) is 5.69 Å². The molecule has 0 N–H and O–H groups in total. The summed E-state index contributed by atoms with van der Waals surface area (Å²) < 4.78 is 28.4. The zero-order valence-electron chi connectivity index (χ0n) is 12.6. The zero-order chi connectivity index (χ0) is 15.3. The lowest BCUT2D eigenvalue weighted by atomic mass is 10.0. The van der Waals surface area contributed by atoms with Crippen molar-refractivity contribution in [2.24, 2.45) is 5.92 Å². The molecule has 0 aliphatic carbocycles. The molecule has 0 spiro atoms. The van der Waals surface area contributed by atoms with Crippen molar-refractivity contribution in [3.8, 4) is 6.07 Å². The molecule has 0 aliphatic rings. The molecular weight excluding hydrogens is 258 g/mol. The second-order valence-electron chi connectivity index (χ2n) is 5.42. The third-order valence-electron chi connectivity index (χ3n) is 3.38. The van der Waals surface area contributed by atoms with Crippen LogP contribution in [0, 0.1) is 28.9 Å². The molecule has 0 aromatic heterocycles. The molecule has 1 rings (SSSR count). The molecule has 0 saturated carbocycles.